The Labute approximate surface area is 214 Å². The summed E-state index contributed by atoms with van der Waals surface area (Å²) in [5.41, 5.74) is 2.24. The molecule has 2 amide bonds. The van der Waals surface area contributed by atoms with Gasteiger partial charge >= 0.3 is 12.2 Å². The van der Waals surface area contributed by atoms with Crippen molar-refractivity contribution in [2.45, 2.75) is 32.7 Å². The largest absolute Gasteiger partial charge is 0.494 e. The summed E-state index contributed by atoms with van der Waals surface area (Å²) >= 11 is 0. The molecule has 0 aliphatic heterocycles. The molecule has 0 saturated carbocycles. The molecule has 192 valence electrons. The molecule has 8 heteroatoms. The summed E-state index contributed by atoms with van der Waals surface area (Å²) in [5.74, 6) is 0.717. The van der Waals surface area contributed by atoms with Gasteiger partial charge in [-0.2, -0.15) is 13.2 Å². The molecule has 1 aromatic heterocycles. The predicted octanol–water partition coefficient (Wildman–Crippen LogP) is 7.19. The third-order valence-electron chi connectivity index (χ3n) is 5.80. The van der Waals surface area contributed by atoms with E-state index in [0.717, 1.165) is 23.4 Å². The fraction of sp³-hybridized carbons (Fsp3) is 0.207. The highest BCUT2D eigenvalue weighted by molar-refractivity contribution is 5.89. The van der Waals surface area contributed by atoms with E-state index in [1.165, 1.54) is 6.07 Å². The second-order valence-corrected chi connectivity index (χ2v) is 8.55. The van der Waals surface area contributed by atoms with Crippen LogP contribution in [0.5, 0.6) is 5.75 Å². The van der Waals surface area contributed by atoms with Crippen molar-refractivity contribution < 1.29 is 22.7 Å². The Kier molecular flexibility index (Phi) is 8.18. The Morgan fingerprint density at radius 3 is 2.32 bits per heavy atom. The molecule has 0 radical (unpaired) electrons. The summed E-state index contributed by atoms with van der Waals surface area (Å²) in [5, 5.41) is 2.93. The van der Waals surface area contributed by atoms with Crippen LogP contribution in [0.2, 0.25) is 0 Å². The number of urea groups is 1. The normalized spacial score (nSPS) is 11.2. The zero-order valence-corrected chi connectivity index (χ0v) is 20.4. The van der Waals surface area contributed by atoms with Crippen molar-refractivity contribution in [2.24, 2.45) is 0 Å². The molecule has 1 N–H and O–H groups in total. The van der Waals surface area contributed by atoms with Gasteiger partial charge in [0, 0.05) is 30.7 Å². The fourth-order valence-corrected chi connectivity index (χ4v) is 3.99. The Bertz CT molecular complexity index is 1300. The van der Waals surface area contributed by atoms with Gasteiger partial charge in [0.05, 0.1) is 18.7 Å². The van der Waals surface area contributed by atoms with Crippen LogP contribution in [-0.2, 0) is 25.8 Å². The zero-order valence-electron chi connectivity index (χ0n) is 20.4. The number of hydrogen-bond donors (Lipinski definition) is 1. The molecular formula is C29H28F3N3O2. The maximum absolute atomic E-state index is 13.3. The lowest BCUT2D eigenvalue weighted by Gasteiger charge is -2.24. The summed E-state index contributed by atoms with van der Waals surface area (Å²) in [6, 6.07) is 25.5. The lowest BCUT2D eigenvalue weighted by atomic mass is 10.1. The molecule has 0 bridgehead atoms. The molecule has 0 spiro atoms. The van der Waals surface area contributed by atoms with Crippen LogP contribution in [0.3, 0.4) is 0 Å². The van der Waals surface area contributed by atoms with E-state index in [-0.39, 0.29) is 19.1 Å². The zero-order chi connectivity index (χ0) is 26.3. The molecule has 0 fully saturated rings. The first-order chi connectivity index (χ1) is 17.8. The van der Waals surface area contributed by atoms with E-state index in [0.29, 0.717) is 30.2 Å². The van der Waals surface area contributed by atoms with Crippen LogP contribution in [0.4, 0.5) is 23.7 Å². The highest BCUT2D eigenvalue weighted by Crippen LogP contribution is 2.30. The van der Waals surface area contributed by atoms with Gasteiger partial charge in [0.25, 0.3) is 0 Å². The molecule has 0 saturated heterocycles. The smallest absolute Gasteiger partial charge is 0.416 e. The number of amides is 2. The van der Waals surface area contributed by atoms with Crippen molar-refractivity contribution in [3.63, 3.8) is 0 Å². The average molecular weight is 508 g/mol. The van der Waals surface area contributed by atoms with Crippen LogP contribution in [-0.4, -0.2) is 22.1 Å². The van der Waals surface area contributed by atoms with Gasteiger partial charge in [-0.25, -0.2) is 4.79 Å². The predicted molar refractivity (Wildman–Crippen MR) is 137 cm³/mol. The minimum Gasteiger partial charge on any atom is -0.494 e. The number of benzene rings is 3. The molecule has 5 nitrogen and oxygen atoms in total. The maximum atomic E-state index is 13.3. The van der Waals surface area contributed by atoms with Gasteiger partial charge in [-0.05, 0) is 66.6 Å². The lowest BCUT2D eigenvalue weighted by molar-refractivity contribution is -0.137. The molecule has 0 unspecified atom stereocenters. The number of alkyl halides is 3. The van der Waals surface area contributed by atoms with E-state index in [9.17, 15) is 18.0 Å². The van der Waals surface area contributed by atoms with Gasteiger partial charge in [-0.15, -0.1) is 0 Å². The van der Waals surface area contributed by atoms with Crippen molar-refractivity contribution in [3.05, 3.63) is 120 Å². The maximum Gasteiger partial charge on any atom is 0.416 e. The SMILES string of the molecule is CCOc1ccc(NC(=O)N(Cc2ccccc2)Cc2cccn2Cc2cccc(C(F)(F)F)c2)cc1. The number of halogens is 3. The number of aromatic nitrogens is 1. The monoisotopic (exact) mass is 507 g/mol. The molecule has 37 heavy (non-hydrogen) atoms. The summed E-state index contributed by atoms with van der Waals surface area (Å²) < 4.78 is 46.8. The first-order valence-electron chi connectivity index (χ1n) is 11.9. The van der Waals surface area contributed by atoms with Gasteiger partial charge in [0.1, 0.15) is 5.75 Å². The van der Waals surface area contributed by atoms with Gasteiger partial charge < -0.3 is 19.5 Å². The third kappa shape index (κ3) is 7.16. The minimum absolute atomic E-state index is 0.256. The van der Waals surface area contributed by atoms with E-state index in [1.807, 2.05) is 54.0 Å². The van der Waals surface area contributed by atoms with Gasteiger partial charge in [0.2, 0.25) is 0 Å². The Hall–Kier alpha value is -4.20. The van der Waals surface area contributed by atoms with E-state index in [1.54, 1.807) is 41.4 Å². The molecule has 3 aromatic carbocycles. The van der Waals surface area contributed by atoms with Crippen LogP contribution in [0.25, 0.3) is 0 Å². The Balaban J connectivity index is 1.53. The van der Waals surface area contributed by atoms with E-state index in [4.69, 9.17) is 4.74 Å². The molecule has 4 rings (SSSR count). The summed E-state index contributed by atoms with van der Waals surface area (Å²) in [6.45, 7) is 3.34. The van der Waals surface area contributed by atoms with Crippen LogP contribution < -0.4 is 10.1 Å². The highest BCUT2D eigenvalue weighted by Gasteiger charge is 2.30. The molecule has 1 heterocycles. The number of nitrogens with zero attached hydrogens (tertiary/aromatic N) is 2. The van der Waals surface area contributed by atoms with Crippen molar-refractivity contribution in [1.82, 2.24) is 9.47 Å². The van der Waals surface area contributed by atoms with Crippen LogP contribution in [0.15, 0.2) is 97.2 Å². The summed E-state index contributed by atoms with van der Waals surface area (Å²) in [6.07, 6.45) is -2.60. The standard InChI is InChI=1S/C29H28F3N3O2/c1-2-37-27-15-13-25(14-16-27)33-28(36)35(19-22-8-4-3-5-9-22)21-26-12-7-17-34(26)20-23-10-6-11-24(18-23)29(30,31)32/h3-18H,2,19-21H2,1H3,(H,33,36). The van der Waals surface area contributed by atoms with Crippen LogP contribution in [0, 0.1) is 0 Å². The van der Waals surface area contributed by atoms with Crippen molar-refractivity contribution in [3.8, 4) is 5.75 Å². The summed E-state index contributed by atoms with van der Waals surface area (Å²) in [4.78, 5) is 15.0. The van der Waals surface area contributed by atoms with Gasteiger partial charge in [-0.3, -0.25) is 0 Å². The molecule has 0 aliphatic carbocycles. The average Bonchev–Trinajstić information content (AvgIpc) is 3.31. The number of anilines is 1. The van der Waals surface area contributed by atoms with Crippen LogP contribution in [0.1, 0.15) is 29.3 Å². The quantitative estimate of drug-likeness (QED) is 0.261. The lowest BCUT2D eigenvalue weighted by Crippen LogP contribution is -2.34. The highest BCUT2D eigenvalue weighted by atomic mass is 19.4. The number of ether oxygens (including phenoxy) is 1. The first kappa shape index (κ1) is 25.9. The second-order valence-electron chi connectivity index (χ2n) is 8.55. The minimum atomic E-state index is -4.40. The molecule has 0 aliphatic rings. The number of carbonyl (C=O) groups is 1. The van der Waals surface area contributed by atoms with Crippen molar-refractivity contribution in [2.75, 3.05) is 11.9 Å². The first-order valence-corrected chi connectivity index (χ1v) is 11.9. The number of hydrogen-bond acceptors (Lipinski definition) is 2. The van der Waals surface area contributed by atoms with Gasteiger partial charge in [-0.1, -0.05) is 42.5 Å². The van der Waals surface area contributed by atoms with Crippen molar-refractivity contribution in [1.29, 1.82) is 0 Å². The molecule has 0 atom stereocenters. The number of carbonyl (C=O) groups excluding carboxylic acids is 1. The molecule has 4 aromatic rings. The van der Waals surface area contributed by atoms with E-state index < -0.39 is 11.7 Å². The number of nitrogens with one attached hydrogen (secondary N) is 1. The number of rotatable bonds is 9. The van der Waals surface area contributed by atoms with E-state index >= 15 is 0 Å². The van der Waals surface area contributed by atoms with Crippen LogP contribution >= 0.6 is 0 Å². The Morgan fingerprint density at radius 2 is 1.62 bits per heavy atom. The summed E-state index contributed by atoms with van der Waals surface area (Å²) in [7, 11) is 0. The molecular weight excluding hydrogens is 479 g/mol. The Morgan fingerprint density at radius 1 is 0.892 bits per heavy atom. The van der Waals surface area contributed by atoms with E-state index in [2.05, 4.69) is 5.32 Å². The topological polar surface area (TPSA) is 46.5 Å². The van der Waals surface area contributed by atoms with Gasteiger partial charge in [0.15, 0.2) is 0 Å². The third-order valence-corrected chi connectivity index (χ3v) is 5.80. The second kappa shape index (κ2) is 11.7. The fourth-order valence-electron chi connectivity index (χ4n) is 3.99. The van der Waals surface area contributed by atoms with Crippen molar-refractivity contribution >= 4 is 11.7 Å².